The zero-order chi connectivity index (χ0) is 19.6. The summed E-state index contributed by atoms with van der Waals surface area (Å²) in [6, 6.07) is 2.35. The van der Waals surface area contributed by atoms with E-state index in [0.717, 1.165) is 57.5 Å². The third-order valence-electron chi connectivity index (χ3n) is 6.38. The van der Waals surface area contributed by atoms with E-state index in [9.17, 15) is 9.59 Å². The first-order valence-electron chi connectivity index (χ1n) is 10.4. The number of amides is 2. The summed E-state index contributed by atoms with van der Waals surface area (Å²) in [4.78, 5) is 33.0. The summed E-state index contributed by atoms with van der Waals surface area (Å²) in [6.07, 6.45) is 7.68. The fraction of sp³-hybridized carbons (Fsp3) is 0.667. The van der Waals surface area contributed by atoms with Crippen molar-refractivity contribution in [2.75, 3.05) is 39.3 Å². The molecule has 4 heterocycles. The molecule has 1 atom stereocenters. The molecule has 28 heavy (non-hydrogen) atoms. The van der Waals surface area contributed by atoms with Gasteiger partial charge in [0, 0.05) is 57.6 Å². The van der Waals surface area contributed by atoms with Gasteiger partial charge in [0.25, 0.3) is 5.91 Å². The van der Waals surface area contributed by atoms with Crippen molar-refractivity contribution in [3.63, 3.8) is 0 Å². The molecule has 7 nitrogen and oxygen atoms in total. The number of likely N-dealkylation sites (tertiary alicyclic amines) is 1. The van der Waals surface area contributed by atoms with Crippen LogP contribution in [0, 0.1) is 6.92 Å². The minimum Gasteiger partial charge on any atom is -0.372 e. The van der Waals surface area contributed by atoms with Crippen molar-refractivity contribution < 1.29 is 14.3 Å². The van der Waals surface area contributed by atoms with Gasteiger partial charge in [0.1, 0.15) is 0 Å². The second-order valence-electron chi connectivity index (χ2n) is 8.38. The highest BCUT2D eigenvalue weighted by atomic mass is 16.5. The van der Waals surface area contributed by atoms with Crippen LogP contribution in [-0.4, -0.2) is 77.6 Å². The smallest absolute Gasteiger partial charge is 0.255 e. The maximum Gasteiger partial charge on any atom is 0.255 e. The number of piperidine rings is 1. The van der Waals surface area contributed by atoms with Crippen LogP contribution >= 0.6 is 0 Å². The molecule has 0 aliphatic carbocycles. The van der Waals surface area contributed by atoms with Gasteiger partial charge < -0.3 is 15.0 Å². The average molecular weight is 386 g/mol. The van der Waals surface area contributed by atoms with Gasteiger partial charge in [-0.1, -0.05) is 0 Å². The lowest BCUT2D eigenvalue weighted by Crippen LogP contribution is -2.59. The lowest BCUT2D eigenvalue weighted by Gasteiger charge is -2.49. The molecule has 1 unspecified atom stereocenters. The van der Waals surface area contributed by atoms with Gasteiger partial charge in [-0.2, -0.15) is 0 Å². The van der Waals surface area contributed by atoms with Crippen LogP contribution in [-0.2, 0) is 9.53 Å². The molecule has 0 radical (unpaired) electrons. The van der Waals surface area contributed by atoms with Crippen LogP contribution in [0.25, 0.3) is 0 Å². The number of nitrogens with zero attached hydrogens (tertiary/aromatic N) is 3. The van der Waals surface area contributed by atoms with E-state index < -0.39 is 0 Å². The molecule has 0 aromatic carbocycles. The number of hydrogen-bond acceptors (Lipinski definition) is 5. The lowest BCUT2D eigenvalue weighted by atomic mass is 9.88. The fourth-order valence-corrected chi connectivity index (χ4v) is 4.73. The van der Waals surface area contributed by atoms with Crippen molar-refractivity contribution in [3.05, 3.63) is 29.6 Å². The van der Waals surface area contributed by atoms with Gasteiger partial charge in [-0.05, 0) is 44.2 Å². The van der Waals surface area contributed by atoms with Crippen LogP contribution < -0.4 is 5.32 Å². The van der Waals surface area contributed by atoms with Gasteiger partial charge in [-0.3, -0.25) is 19.5 Å². The molecule has 1 aromatic rings. The Labute approximate surface area is 166 Å². The van der Waals surface area contributed by atoms with Crippen LogP contribution in [0.15, 0.2) is 18.5 Å². The van der Waals surface area contributed by atoms with Crippen molar-refractivity contribution in [1.82, 2.24) is 20.1 Å². The molecular formula is C21H30N4O3. The van der Waals surface area contributed by atoms with Crippen LogP contribution in [0.3, 0.4) is 0 Å². The topological polar surface area (TPSA) is 74.8 Å². The zero-order valence-corrected chi connectivity index (χ0v) is 16.7. The first-order chi connectivity index (χ1) is 13.5. The number of pyridine rings is 1. The molecule has 0 bridgehead atoms. The Morgan fingerprint density at radius 1 is 1.25 bits per heavy atom. The molecule has 152 valence electrons. The molecule has 1 N–H and O–H groups in total. The number of carbonyl (C=O) groups is 2. The van der Waals surface area contributed by atoms with Crippen molar-refractivity contribution in [2.24, 2.45) is 0 Å². The summed E-state index contributed by atoms with van der Waals surface area (Å²) in [6.45, 7) is 6.71. The SMILES string of the molecule is Cc1cncc(C(=O)N2CCC3(CC2)CN(C2CCNC(=O)CC2)CCO3)c1. The Morgan fingerprint density at radius 3 is 2.86 bits per heavy atom. The number of rotatable bonds is 2. The van der Waals surface area contributed by atoms with Crippen LogP contribution in [0.5, 0.6) is 0 Å². The molecule has 3 fully saturated rings. The number of ether oxygens (including phenoxy) is 1. The molecule has 4 rings (SSSR count). The molecule has 7 heteroatoms. The number of nitrogens with one attached hydrogen (secondary N) is 1. The molecular weight excluding hydrogens is 356 g/mol. The predicted octanol–water partition coefficient (Wildman–Crippen LogP) is 1.37. The molecule has 2 amide bonds. The van der Waals surface area contributed by atoms with Crippen LogP contribution in [0.1, 0.15) is 48.0 Å². The highest BCUT2D eigenvalue weighted by Crippen LogP contribution is 2.32. The highest BCUT2D eigenvalue weighted by Gasteiger charge is 2.42. The normalized spacial score (nSPS) is 26.0. The van der Waals surface area contributed by atoms with E-state index in [4.69, 9.17) is 4.74 Å². The van der Waals surface area contributed by atoms with E-state index in [-0.39, 0.29) is 17.4 Å². The third-order valence-corrected chi connectivity index (χ3v) is 6.38. The van der Waals surface area contributed by atoms with Gasteiger partial charge in [-0.25, -0.2) is 0 Å². The van der Waals surface area contributed by atoms with Crippen LogP contribution in [0.2, 0.25) is 0 Å². The summed E-state index contributed by atoms with van der Waals surface area (Å²) in [5, 5.41) is 2.98. The zero-order valence-electron chi connectivity index (χ0n) is 16.7. The molecule has 3 saturated heterocycles. The first kappa shape index (κ1) is 19.3. The lowest BCUT2D eigenvalue weighted by molar-refractivity contribution is -0.141. The molecule has 1 aromatic heterocycles. The molecule has 3 aliphatic heterocycles. The van der Waals surface area contributed by atoms with Crippen LogP contribution in [0.4, 0.5) is 0 Å². The third kappa shape index (κ3) is 4.20. The molecule has 0 saturated carbocycles. The highest BCUT2D eigenvalue weighted by molar-refractivity contribution is 5.94. The van der Waals surface area contributed by atoms with Gasteiger partial charge >= 0.3 is 0 Å². The average Bonchev–Trinajstić information content (AvgIpc) is 2.93. The Balaban J connectivity index is 1.36. The Hall–Kier alpha value is -1.99. The minimum atomic E-state index is -0.163. The number of aromatic nitrogens is 1. The molecule has 1 spiro atoms. The standard InChI is InChI=1S/C21H30N4O3/c1-16-12-17(14-22-13-16)20(27)24-8-5-21(6-9-24)15-25(10-11-28-21)18-2-3-19(26)23-7-4-18/h12-14,18H,2-11,15H2,1H3,(H,23,26). The largest absolute Gasteiger partial charge is 0.372 e. The first-order valence-corrected chi connectivity index (χ1v) is 10.4. The summed E-state index contributed by atoms with van der Waals surface area (Å²) in [5.74, 6) is 0.231. The summed E-state index contributed by atoms with van der Waals surface area (Å²) < 4.78 is 6.26. The van der Waals surface area contributed by atoms with E-state index in [1.54, 1.807) is 12.4 Å². The maximum absolute atomic E-state index is 12.8. The minimum absolute atomic E-state index is 0.0621. The quantitative estimate of drug-likeness (QED) is 0.831. The number of aryl methyl sites for hydroxylation is 1. The Bertz CT molecular complexity index is 730. The number of hydrogen-bond donors (Lipinski definition) is 1. The summed E-state index contributed by atoms with van der Waals surface area (Å²) in [5.41, 5.74) is 1.50. The van der Waals surface area contributed by atoms with Gasteiger partial charge in [0.05, 0.1) is 17.8 Å². The van der Waals surface area contributed by atoms with Gasteiger partial charge in [-0.15, -0.1) is 0 Å². The Morgan fingerprint density at radius 2 is 2.07 bits per heavy atom. The summed E-state index contributed by atoms with van der Waals surface area (Å²) in [7, 11) is 0. The number of carbonyl (C=O) groups excluding carboxylic acids is 2. The van der Waals surface area contributed by atoms with Crippen molar-refractivity contribution in [1.29, 1.82) is 0 Å². The second-order valence-corrected chi connectivity index (χ2v) is 8.38. The van der Waals surface area contributed by atoms with E-state index >= 15 is 0 Å². The molecule has 3 aliphatic rings. The van der Waals surface area contributed by atoms with Crippen molar-refractivity contribution in [2.45, 2.75) is 50.7 Å². The van der Waals surface area contributed by atoms with Gasteiger partial charge in [0.2, 0.25) is 5.91 Å². The number of morpholine rings is 1. The summed E-state index contributed by atoms with van der Waals surface area (Å²) >= 11 is 0. The van der Waals surface area contributed by atoms with E-state index in [2.05, 4.69) is 15.2 Å². The monoisotopic (exact) mass is 386 g/mol. The van der Waals surface area contributed by atoms with E-state index in [1.807, 2.05) is 17.9 Å². The Kier molecular flexibility index (Phi) is 5.64. The van der Waals surface area contributed by atoms with E-state index in [1.165, 1.54) is 0 Å². The van der Waals surface area contributed by atoms with Crippen molar-refractivity contribution in [3.8, 4) is 0 Å². The fourth-order valence-electron chi connectivity index (χ4n) is 4.73. The maximum atomic E-state index is 12.8. The second kappa shape index (κ2) is 8.17. The van der Waals surface area contributed by atoms with E-state index in [0.29, 0.717) is 31.1 Å². The van der Waals surface area contributed by atoms with Crippen molar-refractivity contribution >= 4 is 11.8 Å². The predicted molar refractivity (Wildman–Crippen MR) is 105 cm³/mol. The van der Waals surface area contributed by atoms with Gasteiger partial charge in [0.15, 0.2) is 0 Å².